The Morgan fingerprint density at radius 3 is 2.02 bits per heavy atom. The van der Waals surface area contributed by atoms with E-state index in [9.17, 15) is 0 Å². The lowest BCUT2D eigenvalue weighted by Gasteiger charge is -2.41. The highest BCUT2D eigenvalue weighted by Crippen LogP contribution is 2.42. The van der Waals surface area contributed by atoms with E-state index >= 15 is 4.39 Å². The zero-order valence-electron chi connectivity index (χ0n) is 29.5. The van der Waals surface area contributed by atoms with Gasteiger partial charge in [0.15, 0.2) is 17.4 Å². The van der Waals surface area contributed by atoms with Gasteiger partial charge in [0.25, 0.3) is 0 Å². The van der Waals surface area contributed by atoms with E-state index in [-0.39, 0.29) is 35.5 Å². The number of ether oxygens (including phenoxy) is 2. The molecule has 0 aliphatic heterocycles. The quantitative estimate of drug-likeness (QED) is 0.0421. The number of halogens is 1. The summed E-state index contributed by atoms with van der Waals surface area (Å²) in [6.45, 7) is 3.50. The molecule has 0 bridgehead atoms. The van der Waals surface area contributed by atoms with Crippen molar-refractivity contribution in [3.8, 4) is 11.5 Å². The van der Waals surface area contributed by atoms with Crippen molar-refractivity contribution >= 4 is 41.8 Å². The van der Waals surface area contributed by atoms with Gasteiger partial charge >= 0.3 is 0 Å². The topological polar surface area (TPSA) is 145 Å². The number of methoxy groups -OCH3 is 2. The first-order valence-corrected chi connectivity index (χ1v) is 16.5. The number of aliphatic imine (C=N–C) groups is 2. The summed E-state index contributed by atoms with van der Waals surface area (Å²) in [6.07, 6.45) is 5.06. The molecule has 6 rings (SSSR count). The van der Waals surface area contributed by atoms with Crippen LogP contribution < -0.4 is 25.9 Å². The molecule has 13 heteroatoms. The summed E-state index contributed by atoms with van der Waals surface area (Å²) in [6, 6.07) is 35.7. The first kappa shape index (κ1) is 35.9. The van der Waals surface area contributed by atoms with E-state index in [0.29, 0.717) is 11.4 Å². The second-order valence-electron chi connectivity index (χ2n) is 11.9. The highest BCUT2D eigenvalue weighted by molar-refractivity contribution is 5.88. The van der Waals surface area contributed by atoms with Crippen molar-refractivity contribution in [3.05, 3.63) is 156 Å². The maximum atomic E-state index is 16.3. The highest BCUT2D eigenvalue weighted by Gasteiger charge is 2.41. The summed E-state index contributed by atoms with van der Waals surface area (Å²) < 4.78 is 28.8. The molecule has 4 N–H and O–H groups in total. The zero-order chi connectivity index (χ0) is 37.4. The number of hydrogen-bond acceptors (Lipinski definition) is 10. The van der Waals surface area contributed by atoms with Crippen LogP contribution >= 0.6 is 0 Å². The third-order valence-corrected chi connectivity index (χ3v) is 8.56. The number of benzene rings is 4. The van der Waals surface area contributed by atoms with Crippen molar-refractivity contribution in [2.45, 2.75) is 5.54 Å². The summed E-state index contributed by atoms with van der Waals surface area (Å²) in [5, 5.41) is 10.3. The van der Waals surface area contributed by atoms with Crippen LogP contribution in [0.5, 0.6) is 11.5 Å². The monoisotopic (exact) mass is 710 g/mol. The molecule has 268 valence electrons. The molecule has 0 radical (unpaired) electrons. The van der Waals surface area contributed by atoms with Crippen molar-refractivity contribution in [3.63, 3.8) is 0 Å². The predicted octanol–water partition coefficient (Wildman–Crippen LogP) is 6.63. The van der Waals surface area contributed by atoms with Crippen LogP contribution in [0.4, 0.5) is 27.4 Å². The van der Waals surface area contributed by atoms with E-state index < -0.39 is 11.4 Å². The van der Waals surface area contributed by atoms with Crippen LogP contribution in [0, 0.1) is 5.82 Å². The van der Waals surface area contributed by atoms with Crippen LogP contribution in [0.3, 0.4) is 0 Å². The van der Waals surface area contributed by atoms with Crippen molar-refractivity contribution in [2.24, 2.45) is 33.7 Å². The number of amidine groups is 1. The molecule has 2 aromatic heterocycles. The molecular formula is C40H39FN10O2. The molecule has 0 saturated carbocycles. The first-order valence-electron chi connectivity index (χ1n) is 16.5. The number of anilines is 2. The highest BCUT2D eigenvalue weighted by atomic mass is 19.1. The van der Waals surface area contributed by atoms with Gasteiger partial charge in [-0.15, -0.1) is 5.10 Å². The Labute approximate surface area is 307 Å². The molecule has 0 aliphatic rings. The molecule has 0 amide bonds. The van der Waals surface area contributed by atoms with E-state index in [4.69, 9.17) is 31.1 Å². The van der Waals surface area contributed by atoms with Gasteiger partial charge in [0.05, 0.1) is 32.6 Å². The number of hydrazine groups is 1. The van der Waals surface area contributed by atoms with E-state index in [2.05, 4.69) is 21.8 Å². The molecule has 0 saturated heterocycles. The lowest BCUT2D eigenvalue weighted by molar-refractivity contribution is 0.166. The molecule has 0 atom stereocenters. The fraction of sp³-hybridized carbons (Fsp3) is 0.125. The average molecular weight is 711 g/mol. The van der Waals surface area contributed by atoms with Crippen LogP contribution in [-0.2, 0) is 12.6 Å². The smallest absolute Gasteiger partial charge is 0.188 e. The van der Waals surface area contributed by atoms with Crippen molar-refractivity contribution in [2.75, 3.05) is 25.7 Å². The molecule has 4 aromatic carbocycles. The van der Waals surface area contributed by atoms with Crippen molar-refractivity contribution in [1.82, 2.24) is 19.9 Å². The Morgan fingerprint density at radius 1 is 0.906 bits per heavy atom. The lowest BCUT2D eigenvalue weighted by Crippen LogP contribution is -2.50. The summed E-state index contributed by atoms with van der Waals surface area (Å²) in [5.74, 6) is 7.21. The van der Waals surface area contributed by atoms with Crippen molar-refractivity contribution < 1.29 is 13.9 Å². The lowest BCUT2D eigenvalue weighted by atomic mass is 9.77. The number of pyridine rings is 1. The van der Waals surface area contributed by atoms with Gasteiger partial charge in [0.1, 0.15) is 28.6 Å². The number of nitrogens with two attached hydrogens (primary N) is 2. The second kappa shape index (κ2) is 16.0. The molecule has 0 unspecified atom stereocenters. The third kappa shape index (κ3) is 7.46. The number of rotatable bonds is 14. The summed E-state index contributed by atoms with van der Waals surface area (Å²) >= 11 is 0. The van der Waals surface area contributed by atoms with E-state index in [1.54, 1.807) is 42.5 Å². The molecule has 0 spiro atoms. The fourth-order valence-corrected chi connectivity index (χ4v) is 6.10. The van der Waals surface area contributed by atoms with Gasteiger partial charge in [-0.25, -0.2) is 25.3 Å². The normalized spacial score (nSPS) is 11.8. The SMILES string of the molecule is C=Nc1ccc(N(C/C(N)=N/N(N)C(c2ccccc2)(c2ccccc2)c2ccccc2)c2cc(OC)cc(OC)c2F)nc1N=Cc1cnn(C)c1. The predicted molar refractivity (Wildman–Crippen MR) is 207 cm³/mol. The maximum Gasteiger partial charge on any atom is 0.188 e. The number of nitrogens with zero attached hydrogens (tertiary/aromatic N) is 8. The minimum atomic E-state index is -1.12. The Morgan fingerprint density at radius 2 is 1.51 bits per heavy atom. The minimum absolute atomic E-state index is 0.0361. The summed E-state index contributed by atoms with van der Waals surface area (Å²) in [5.41, 5.74) is 9.44. The molecule has 53 heavy (non-hydrogen) atoms. The van der Waals surface area contributed by atoms with Gasteiger partial charge in [0.2, 0.25) is 0 Å². The zero-order valence-corrected chi connectivity index (χ0v) is 29.5. The standard InChI is InChI=1S/C40H39FN10O2/c1-44-33-20-21-37(47-39(33)45-24-28-25-46-49(2)26-28)50(34-22-32(52-3)23-35(53-4)38(34)41)27-36(42)48-51(43)40(29-14-8-5-9-15-29,30-16-10-6-11-17-30)31-18-12-7-13-19-31/h5-26H,1,27,43H2,2-4H3,(H2,42,48). The van der Waals surface area contributed by atoms with E-state index in [1.807, 2.05) is 91.0 Å². The molecule has 2 heterocycles. The van der Waals surface area contributed by atoms with E-state index in [0.717, 1.165) is 22.3 Å². The average Bonchev–Trinajstić information content (AvgIpc) is 3.62. The number of aryl methyl sites for hydroxylation is 1. The Hall–Kier alpha value is -6.86. The Kier molecular flexibility index (Phi) is 10.9. The van der Waals surface area contributed by atoms with Gasteiger partial charge in [-0.05, 0) is 35.5 Å². The number of hydrogen-bond donors (Lipinski definition) is 2. The largest absolute Gasteiger partial charge is 0.497 e. The van der Waals surface area contributed by atoms with Gasteiger partial charge in [-0.2, -0.15) is 5.10 Å². The summed E-state index contributed by atoms with van der Waals surface area (Å²) in [4.78, 5) is 15.0. The molecule has 6 aromatic rings. The van der Waals surface area contributed by atoms with Crippen LogP contribution in [0.1, 0.15) is 22.3 Å². The first-order chi connectivity index (χ1) is 25.8. The minimum Gasteiger partial charge on any atom is -0.497 e. The number of aromatic nitrogens is 3. The second-order valence-corrected chi connectivity index (χ2v) is 11.9. The molecular weight excluding hydrogens is 672 g/mol. The number of hydrazone groups is 1. The maximum absolute atomic E-state index is 16.3. The van der Waals surface area contributed by atoms with Crippen LogP contribution in [0.2, 0.25) is 0 Å². The Bertz CT molecular complexity index is 2130. The third-order valence-electron chi connectivity index (χ3n) is 8.56. The van der Waals surface area contributed by atoms with E-state index in [1.165, 1.54) is 36.4 Å². The van der Waals surface area contributed by atoms with Gasteiger partial charge in [-0.1, -0.05) is 91.0 Å². The summed E-state index contributed by atoms with van der Waals surface area (Å²) in [7, 11) is 4.66. The van der Waals surface area contributed by atoms with Crippen LogP contribution in [0.25, 0.3) is 0 Å². The Balaban J connectivity index is 1.50. The van der Waals surface area contributed by atoms with Crippen molar-refractivity contribution in [1.29, 1.82) is 0 Å². The fourth-order valence-electron chi connectivity index (χ4n) is 6.10. The van der Waals surface area contributed by atoms with Gasteiger partial charge < -0.3 is 20.1 Å². The van der Waals surface area contributed by atoms with Crippen LogP contribution in [0.15, 0.2) is 143 Å². The van der Waals surface area contributed by atoms with Gasteiger partial charge in [0, 0.05) is 37.2 Å². The molecule has 0 aliphatic carbocycles. The van der Waals surface area contributed by atoms with Gasteiger partial charge in [-0.3, -0.25) is 9.67 Å². The van der Waals surface area contributed by atoms with Crippen LogP contribution in [-0.4, -0.2) is 59.4 Å². The molecule has 0 fully saturated rings. The molecule has 12 nitrogen and oxygen atoms in total.